The fourth-order valence-electron chi connectivity index (χ4n) is 3.51. The van der Waals surface area contributed by atoms with Crippen LogP contribution in [0.5, 0.6) is 5.75 Å². The van der Waals surface area contributed by atoms with E-state index in [9.17, 15) is 5.11 Å². The average molecular weight is 427 g/mol. The molecule has 0 aliphatic heterocycles. The number of aliphatic hydroxyl groups excluding tert-OH is 1. The summed E-state index contributed by atoms with van der Waals surface area (Å²) in [4.78, 5) is 0. The monoisotopic (exact) mass is 428 g/mol. The summed E-state index contributed by atoms with van der Waals surface area (Å²) in [5.41, 5.74) is 1.13. The topological polar surface area (TPSA) is 29.5 Å². The molecular formula is C20H36O2Sn. The van der Waals surface area contributed by atoms with E-state index < -0.39 is 18.4 Å². The van der Waals surface area contributed by atoms with Gasteiger partial charge < -0.3 is 0 Å². The molecule has 1 rings (SSSR count). The summed E-state index contributed by atoms with van der Waals surface area (Å²) in [5.74, 6) is 0.873. The molecule has 0 amide bonds. The average Bonchev–Trinajstić information content (AvgIpc) is 2.61. The summed E-state index contributed by atoms with van der Waals surface area (Å²) >= 11 is -2.61. The molecule has 0 heterocycles. The van der Waals surface area contributed by atoms with Crippen LogP contribution >= 0.6 is 0 Å². The predicted molar refractivity (Wildman–Crippen MR) is 103 cm³/mol. The Morgan fingerprint density at radius 2 is 1.30 bits per heavy atom. The van der Waals surface area contributed by atoms with Crippen LogP contribution in [0.1, 0.15) is 69.0 Å². The Balaban J connectivity index is 3.04. The third-order valence-corrected chi connectivity index (χ3v) is 20.9. The standard InChI is InChI=1S/C8H9O2.3C4H9.Sn/c1-10-8-4-2-7(6-9)3-5-8;3*1-3-4-2;/h2-6,9H,1H3;3*1,3-4H2,2H3;. The summed E-state index contributed by atoms with van der Waals surface area (Å²) < 4.78 is 9.09. The first-order valence-electron chi connectivity index (χ1n) is 9.45. The molecule has 0 aliphatic carbocycles. The second-order valence-electron chi connectivity index (χ2n) is 6.85. The molecule has 1 N–H and O–H groups in total. The molecule has 0 aromatic heterocycles. The number of rotatable bonds is 12. The Kier molecular flexibility index (Phi) is 10.3. The van der Waals surface area contributed by atoms with Crippen LogP contribution < -0.4 is 4.74 Å². The van der Waals surface area contributed by atoms with Crippen molar-refractivity contribution in [2.45, 2.75) is 76.7 Å². The normalized spacial score (nSPS) is 13.1. The second kappa shape index (κ2) is 11.4. The molecule has 0 saturated carbocycles. The van der Waals surface area contributed by atoms with E-state index >= 15 is 0 Å². The first-order valence-corrected chi connectivity index (χ1v) is 17.2. The quantitative estimate of drug-likeness (QED) is 0.408. The maximum absolute atomic E-state index is 11.3. The van der Waals surface area contributed by atoms with Crippen LogP contribution in [0.25, 0.3) is 0 Å². The van der Waals surface area contributed by atoms with Crippen molar-refractivity contribution in [3.05, 3.63) is 29.8 Å². The first-order chi connectivity index (χ1) is 11.1. The van der Waals surface area contributed by atoms with Crippen LogP contribution in [0.3, 0.4) is 0 Å². The van der Waals surface area contributed by atoms with Gasteiger partial charge in [0.15, 0.2) is 0 Å². The molecule has 1 unspecified atom stereocenters. The molecule has 0 spiro atoms. The van der Waals surface area contributed by atoms with Crippen molar-refractivity contribution in [1.29, 1.82) is 0 Å². The zero-order valence-corrected chi connectivity index (χ0v) is 18.5. The van der Waals surface area contributed by atoms with E-state index in [0.717, 1.165) is 11.3 Å². The number of hydrogen-bond acceptors (Lipinski definition) is 2. The number of methoxy groups -OCH3 is 1. The summed E-state index contributed by atoms with van der Waals surface area (Å²) in [6.07, 6.45) is 7.59. The Bertz CT molecular complexity index is 394. The molecule has 1 atom stereocenters. The molecule has 23 heavy (non-hydrogen) atoms. The van der Waals surface area contributed by atoms with Gasteiger partial charge in [0.25, 0.3) is 0 Å². The van der Waals surface area contributed by atoms with E-state index in [1.807, 2.05) is 12.1 Å². The van der Waals surface area contributed by atoms with Crippen molar-refractivity contribution in [2.24, 2.45) is 0 Å². The van der Waals surface area contributed by atoms with Gasteiger partial charge in [-0.05, 0) is 0 Å². The van der Waals surface area contributed by atoms with Crippen LogP contribution in [0.4, 0.5) is 0 Å². The molecule has 0 aliphatic rings. The van der Waals surface area contributed by atoms with Gasteiger partial charge in [0, 0.05) is 0 Å². The van der Waals surface area contributed by atoms with Gasteiger partial charge in [0.05, 0.1) is 0 Å². The second-order valence-corrected chi connectivity index (χ2v) is 20.5. The van der Waals surface area contributed by atoms with Crippen molar-refractivity contribution >= 4 is 18.4 Å². The van der Waals surface area contributed by atoms with Crippen LogP contribution in [0.2, 0.25) is 13.3 Å². The number of unbranched alkanes of at least 4 members (excludes halogenated alkanes) is 3. The molecule has 1 aromatic rings. The molecule has 0 bridgehead atoms. The number of benzene rings is 1. The Morgan fingerprint density at radius 3 is 1.65 bits per heavy atom. The molecule has 0 fully saturated rings. The van der Waals surface area contributed by atoms with Crippen molar-refractivity contribution in [3.8, 4) is 5.75 Å². The molecular weight excluding hydrogens is 391 g/mol. The zero-order valence-electron chi connectivity index (χ0n) is 15.6. The van der Waals surface area contributed by atoms with E-state index in [1.165, 1.54) is 51.8 Å². The Hall–Kier alpha value is -0.221. The van der Waals surface area contributed by atoms with Gasteiger partial charge in [0.1, 0.15) is 0 Å². The summed E-state index contributed by atoms with van der Waals surface area (Å²) in [6.45, 7) is 6.82. The molecule has 132 valence electrons. The third-order valence-electron chi connectivity index (χ3n) is 5.10. The van der Waals surface area contributed by atoms with Crippen LogP contribution in [0.15, 0.2) is 24.3 Å². The molecule has 2 nitrogen and oxygen atoms in total. The van der Waals surface area contributed by atoms with Crippen LogP contribution in [-0.2, 0) is 0 Å². The molecule has 3 heteroatoms. The van der Waals surface area contributed by atoms with Gasteiger partial charge in [-0.1, -0.05) is 0 Å². The third kappa shape index (κ3) is 6.30. The molecule has 0 radical (unpaired) electrons. The van der Waals surface area contributed by atoms with Gasteiger partial charge in [-0.2, -0.15) is 0 Å². The number of aliphatic hydroxyl groups is 1. The summed E-state index contributed by atoms with van der Waals surface area (Å²) in [6, 6.07) is 8.15. The first kappa shape index (κ1) is 20.8. The van der Waals surface area contributed by atoms with Crippen LogP contribution in [0, 0.1) is 0 Å². The van der Waals surface area contributed by atoms with E-state index in [2.05, 4.69) is 32.9 Å². The minimum absolute atomic E-state index is 0.167. The fraction of sp³-hybridized carbons (Fsp3) is 0.700. The fourth-order valence-corrected chi connectivity index (χ4v) is 19.6. The minimum atomic E-state index is -2.61. The van der Waals surface area contributed by atoms with E-state index in [1.54, 1.807) is 7.11 Å². The zero-order chi connectivity index (χ0) is 17.1. The molecule has 0 saturated heterocycles. The van der Waals surface area contributed by atoms with Crippen molar-refractivity contribution in [3.63, 3.8) is 0 Å². The van der Waals surface area contributed by atoms with Gasteiger partial charge >= 0.3 is 148 Å². The van der Waals surface area contributed by atoms with Gasteiger partial charge in [-0.3, -0.25) is 0 Å². The van der Waals surface area contributed by atoms with Crippen molar-refractivity contribution in [2.75, 3.05) is 7.11 Å². The summed E-state index contributed by atoms with van der Waals surface area (Å²) in [5, 5.41) is 11.3. The van der Waals surface area contributed by atoms with Gasteiger partial charge in [-0.25, -0.2) is 0 Å². The van der Waals surface area contributed by atoms with E-state index in [-0.39, 0.29) is 4.12 Å². The summed E-state index contributed by atoms with van der Waals surface area (Å²) in [7, 11) is 1.69. The van der Waals surface area contributed by atoms with Gasteiger partial charge in [-0.15, -0.1) is 0 Å². The van der Waals surface area contributed by atoms with E-state index in [4.69, 9.17) is 4.74 Å². The predicted octanol–water partition coefficient (Wildman–Crippen LogP) is 6.12. The molecule has 1 aromatic carbocycles. The van der Waals surface area contributed by atoms with Crippen LogP contribution in [-0.4, -0.2) is 30.6 Å². The Morgan fingerprint density at radius 1 is 0.870 bits per heavy atom. The van der Waals surface area contributed by atoms with Crippen molar-refractivity contribution in [1.82, 2.24) is 0 Å². The van der Waals surface area contributed by atoms with E-state index in [0.29, 0.717) is 0 Å². The van der Waals surface area contributed by atoms with Crippen molar-refractivity contribution < 1.29 is 9.84 Å². The SMILES string of the molecule is CCC[CH2][Sn]([CH2]CCC)([CH2]CCC)[CH](O)c1ccc(OC)cc1. The number of hydrogen-bond donors (Lipinski definition) is 1. The maximum atomic E-state index is 11.3. The Labute approximate surface area is 147 Å². The number of ether oxygens (including phenoxy) is 1. The van der Waals surface area contributed by atoms with Gasteiger partial charge in [0.2, 0.25) is 0 Å².